The lowest BCUT2D eigenvalue weighted by atomic mass is 10.1. The number of hydrazone groups is 1. The van der Waals surface area contributed by atoms with E-state index >= 15 is 0 Å². The molecule has 8 nitrogen and oxygen atoms in total. The molecule has 0 unspecified atom stereocenters. The van der Waals surface area contributed by atoms with E-state index in [1.165, 1.54) is 0 Å². The first-order valence-corrected chi connectivity index (χ1v) is 8.56. The van der Waals surface area contributed by atoms with E-state index in [4.69, 9.17) is 0 Å². The highest BCUT2D eigenvalue weighted by molar-refractivity contribution is 6.39. The van der Waals surface area contributed by atoms with E-state index in [0.29, 0.717) is 43.9 Å². The lowest BCUT2D eigenvalue weighted by molar-refractivity contribution is -0.124. The van der Waals surface area contributed by atoms with Crippen molar-refractivity contribution in [3.63, 3.8) is 0 Å². The second-order valence-corrected chi connectivity index (χ2v) is 6.52. The second-order valence-electron chi connectivity index (χ2n) is 6.52. The molecule has 25 heavy (non-hydrogen) atoms. The molecule has 0 spiro atoms. The fourth-order valence-electron chi connectivity index (χ4n) is 3.25. The SMILES string of the molecule is Cc1cc(C(=O)N2CCCN(C(=O)C3=NNC(=O)CC3)CC2)c(C)[nH]1. The Morgan fingerprint density at radius 3 is 2.28 bits per heavy atom. The van der Waals surface area contributed by atoms with Crippen LogP contribution >= 0.6 is 0 Å². The first-order chi connectivity index (χ1) is 12.0. The average Bonchev–Trinajstić information content (AvgIpc) is 2.80. The van der Waals surface area contributed by atoms with E-state index in [1.807, 2.05) is 19.9 Å². The fraction of sp³-hybridized carbons (Fsp3) is 0.529. The highest BCUT2D eigenvalue weighted by Crippen LogP contribution is 2.15. The van der Waals surface area contributed by atoms with Gasteiger partial charge in [0.2, 0.25) is 5.91 Å². The van der Waals surface area contributed by atoms with Gasteiger partial charge in [0.1, 0.15) is 5.71 Å². The molecule has 2 aliphatic heterocycles. The molecule has 134 valence electrons. The number of carbonyl (C=O) groups is 3. The van der Waals surface area contributed by atoms with Gasteiger partial charge in [0.05, 0.1) is 5.56 Å². The molecule has 3 amide bonds. The predicted molar refractivity (Wildman–Crippen MR) is 92.2 cm³/mol. The molecule has 3 heterocycles. The molecule has 2 N–H and O–H groups in total. The van der Waals surface area contributed by atoms with Crippen molar-refractivity contribution in [3.8, 4) is 0 Å². The normalized spacial score (nSPS) is 18.5. The number of aromatic nitrogens is 1. The van der Waals surface area contributed by atoms with Crippen LogP contribution in [0.15, 0.2) is 11.2 Å². The Morgan fingerprint density at radius 2 is 1.72 bits per heavy atom. The van der Waals surface area contributed by atoms with Gasteiger partial charge in [0.25, 0.3) is 11.8 Å². The molecule has 0 saturated carbocycles. The van der Waals surface area contributed by atoms with Gasteiger partial charge < -0.3 is 14.8 Å². The molecular weight excluding hydrogens is 322 g/mol. The minimum absolute atomic E-state index is 0.00146. The molecule has 0 aromatic carbocycles. The summed E-state index contributed by atoms with van der Waals surface area (Å²) < 4.78 is 0. The summed E-state index contributed by atoms with van der Waals surface area (Å²) in [6.07, 6.45) is 1.38. The monoisotopic (exact) mass is 345 g/mol. The van der Waals surface area contributed by atoms with Crippen molar-refractivity contribution in [2.75, 3.05) is 26.2 Å². The first-order valence-electron chi connectivity index (χ1n) is 8.56. The molecule has 0 radical (unpaired) electrons. The molecule has 8 heteroatoms. The van der Waals surface area contributed by atoms with Crippen molar-refractivity contribution >= 4 is 23.4 Å². The third-order valence-corrected chi connectivity index (χ3v) is 4.60. The van der Waals surface area contributed by atoms with Crippen LogP contribution in [0.3, 0.4) is 0 Å². The molecule has 1 fully saturated rings. The van der Waals surface area contributed by atoms with Crippen LogP contribution in [0.2, 0.25) is 0 Å². The first kappa shape index (κ1) is 17.2. The van der Waals surface area contributed by atoms with Crippen LogP contribution in [0.25, 0.3) is 0 Å². The summed E-state index contributed by atoms with van der Waals surface area (Å²) >= 11 is 0. The van der Waals surface area contributed by atoms with Gasteiger partial charge in [-0.2, -0.15) is 5.10 Å². The second kappa shape index (κ2) is 7.08. The molecule has 0 aliphatic carbocycles. The summed E-state index contributed by atoms with van der Waals surface area (Å²) in [6, 6.07) is 1.87. The molecule has 2 aliphatic rings. The number of rotatable bonds is 2. The van der Waals surface area contributed by atoms with E-state index in [9.17, 15) is 14.4 Å². The Kier molecular flexibility index (Phi) is 4.87. The van der Waals surface area contributed by atoms with E-state index < -0.39 is 0 Å². The third-order valence-electron chi connectivity index (χ3n) is 4.60. The Hall–Kier alpha value is -2.64. The maximum absolute atomic E-state index is 12.7. The molecule has 0 atom stereocenters. The Bertz CT molecular complexity index is 737. The largest absolute Gasteiger partial charge is 0.362 e. The zero-order valence-electron chi connectivity index (χ0n) is 14.6. The Morgan fingerprint density at radius 1 is 1.04 bits per heavy atom. The van der Waals surface area contributed by atoms with Gasteiger partial charge in [-0.25, -0.2) is 5.43 Å². The number of aryl methyl sites for hydroxylation is 2. The van der Waals surface area contributed by atoms with Crippen molar-refractivity contribution in [3.05, 3.63) is 23.0 Å². The molecule has 0 bridgehead atoms. The third kappa shape index (κ3) is 3.72. The van der Waals surface area contributed by atoms with Crippen molar-refractivity contribution in [2.24, 2.45) is 5.10 Å². The molecule has 1 saturated heterocycles. The smallest absolute Gasteiger partial charge is 0.270 e. The number of H-pyrrole nitrogens is 1. The molecular formula is C17H23N5O3. The predicted octanol–water partition coefficient (Wildman–Crippen LogP) is 0.572. The lowest BCUT2D eigenvalue weighted by Gasteiger charge is -2.23. The Labute approximate surface area is 146 Å². The van der Waals surface area contributed by atoms with Crippen LogP contribution in [-0.2, 0) is 9.59 Å². The minimum Gasteiger partial charge on any atom is -0.362 e. The van der Waals surface area contributed by atoms with Crippen molar-refractivity contribution in [1.82, 2.24) is 20.2 Å². The zero-order valence-corrected chi connectivity index (χ0v) is 14.6. The van der Waals surface area contributed by atoms with Crippen LogP contribution in [0.5, 0.6) is 0 Å². The lowest BCUT2D eigenvalue weighted by Crippen LogP contribution is -2.42. The number of aromatic amines is 1. The van der Waals surface area contributed by atoms with Crippen LogP contribution < -0.4 is 5.43 Å². The topological polar surface area (TPSA) is 97.9 Å². The van der Waals surface area contributed by atoms with Gasteiger partial charge in [-0.05, 0) is 26.3 Å². The average molecular weight is 345 g/mol. The summed E-state index contributed by atoms with van der Waals surface area (Å²) in [4.78, 5) is 43.1. The summed E-state index contributed by atoms with van der Waals surface area (Å²) in [7, 11) is 0. The number of nitrogens with zero attached hydrogens (tertiary/aromatic N) is 3. The van der Waals surface area contributed by atoms with Crippen molar-refractivity contribution < 1.29 is 14.4 Å². The maximum Gasteiger partial charge on any atom is 0.270 e. The summed E-state index contributed by atoms with van der Waals surface area (Å²) in [5.74, 6) is -0.317. The van der Waals surface area contributed by atoms with Crippen molar-refractivity contribution in [1.29, 1.82) is 0 Å². The Balaban J connectivity index is 1.64. The summed E-state index contributed by atoms with van der Waals surface area (Å²) in [5.41, 5.74) is 5.27. The van der Waals surface area contributed by atoms with Gasteiger partial charge in [0, 0.05) is 50.4 Å². The van der Waals surface area contributed by atoms with Gasteiger partial charge in [0.15, 0.2) is 0 Å². The quantitative estimate of drug-likeness (QED) is 0.820. The van der Waals surface area contributed by atoms with Crippen LogP contribution in [0.1, 0.15) is 41.0 Å². The molecule has 3 rings (SSSR count). The van der Waals surface area contributed by atoms with E-state index in [1.54, 1.807) is 9.80 Å². The highest BCUT2D eigenvalue weighted by Gasteiger charge is 2.27. The van der Waals surface area contributed by atoms with Gasteiger partial charge in [-0.1, -0.05) is 0 Å². The van der Waals surface area contributed by atoms with Crippen LogP contribution in [-0.4, -0.2) is 64.4 Å². The van der Waals surface area contributed by atoms with E-state index in [0.717, 1.165) is 17.8 Å². The van der Waals surface area contributed by atoms with Crippen LogP contribution in [0.4, 0.5) is 0 Å². The number of nitrogens with one attached hydrogen (secondary N) is 2. The maximum atomic E-state index is 12.7. The minimum atomic E-state index is -0.165. The molecule has 1 aromatic rings. The van der Waals surface area contributed by atoms with E-state index in [-0.39, 0.29) is 24.1 Å². The van der Waals surface area contributed by atoms with Crippen LogP contribution in [0, 0.1) is 13.8 Å². The van der Waals surface area contributed by atoms with Gasteiger partial charge >= 0.3 is 0 Å². The number of hydrogen-bond donors (Lipinski definition) is 2. The number of hydrogen-bond acceptors (Lipinski definition) is 4. The number of carbonyl (C=O) groups excluding carboxylic acids is 3. The van der Waals surface area contributed by atoms with Crippen molar-refractivity contribution in [2.45, 2.75) is 33.1 Å². The number of amides is 3. The summed E-state index contributed by atoms with van der Waals surface area (Å²) in [6.45, 7) is 5.99. The zero-order chi connectivity index (χ0) is 18.0. The molecule has 1 aromatic heterocycles. The fourth-order valence-corrected chi connectivity index (χ4v) is 3.25. The van der Waals surface area contributed by atoms with E-state index in [2.05, 4.69) is 15.5 Å². The highest BCUT2D eigenvalue weighted by atomic mass is 16.2. The van der Waals surface area contributed by atoms with Gasteiger partial charge in [-0.3, -0.25) is 14.4 Å². The van der Waals surface area contributed by atoms with Gasteiger partial charge in [-0.15, -0.1) is 0 Å². The summed E-state index contributed by atoms with van der Waals surface area (Å²) in [5, 5.41) is 3.87. The standard InChI is InChI=1S/C17H23N5O3/c1-11-10-13(12(2)18-11)16(24)21-6-3-7-22(9-8-21)17(25)14-4-5-15(23)20-19-14/h10,18H,3-9H2,1-2H3,(H,20,23).